The number of thiophene rings is 1. The molecule has 1 aromatic carbocycles. The van der Waals surface area contributed by atoms with E-state index in [1.54, 1.807) is 29.7 Å². The van der Waals surface area contributed by atoms with E-state index in [0.717, 1.165) is 23.1 Å². The van der Waals surface area contributed by atoms with Crippen molar-refractivity contribution in [3.63, 3.8) is 0 Å². The Bertz CT molecular complexity index is 1070. The monoisotopic (exact) mass is 436 g/mol. The van der Waals surface area contributed by atoms with Crippen LogP contribution in [0.1, 0.15) is 5.56 Å². The normalized spacial score (nSPS) is 17.5. The lowest BCUT2D eigenvalue weighted by Crippen LogP contribution is -2.29. The van der Waals surface area contributed by atoms with Gasteiger partial charge in [-0.2, -0.15) is 8.42 Å². The molecule has 0 spiro atoms. The van der Waals surface area contributed by atoms with Crippen molar-refractivity contribution >= 4 is 50.3 Å². The number of ether oxygens (including phenoxy) is 1. The summed E-state index contributed by atoms with van der Waals surface area (Å²) in [6.07, 6.45) is 3.09. The number of aromatic hydroxyl groups is 1. The predicted molar refractivity (Wildman–Crippen MR) is 111 cm³/mol. The summed E-state index contributed by atoms with van der Waals surface area (Å²) in [5.74, 6) is -0.133. The van der Waals surface area contributed by atoms with Crippen LogP contribution >= 0.6 is 23.1 Å². The maximum absolute atomic E-state index is 12.7. The number of thioether (sulfide) groups is 1. The molecule has 1 aliphatic heterocycles. The molecular formula is C18H16N2O5S3. The van der Waals surface area contributed by atoms with E-state index in [9.17, 15) is 18.3 Å². The fourth-order valence-corrected chi connectivity index (χ4v) is 5.52. The van der Waals surface area contributed by atoms with Gasteiger partial charge in [0.05, 0.1) is 12.0 Å². The summed E-state index contributed by atoms with van der Waals surface area (Å²) >= 11 is 2.02. The summed E-state index contributed by atoms with van der Waals surface area (Å²) in [5, 5.41) is 11.4. The number of methoxy groups -OCH3 is 1. The molecule has 3 rings (SSSR count). The summed E-state index contributed by atoms with van der Waals surface area (Å²) in [4.78, 5) is 14.3. The minimum absolute atomic E-state index is 0.0207. The number of carbonyl (C=O) groups is 1. The van der Waals surface area contributed by atoms with Crippen molar-refractivity contribution in [1.29, 1.82) is 0 Å². The van der Waals surface area contributed by atoms with Gasteiger partial charge in [0.2, 0.25) is 0 Å². The second-order valence-electron chi connectivity index (χ2n) is 5.53. The van der Waals surface area contributed by atoms with Gasteiger partial charge in [-0.3, -0.25) is 9.69 Å². The summed E-state index contributed by atoms with van der Waals surface area (Å²) < 4.78 is 34.0. The number of hydrogen-bond acceptors (Lipinski definition) is 7. The van der Waals surface area contributed by atoms with Crippen molar-refractivity contribution in [3.05, 3.63) is 58.8 Å². The van der Waals surface area contributed by atoms with Crippen LogP contribution in [0.5, 0.6) is 11.5 Å². The molecule has 1 aromatic heterocycles. The lowest BCUT2D eigenvalue weighted by atomic mass is 10.2. The first-order valence-corrected chi connectivity index (χ1v) is 11.1. The Morgan fingerprint density at radius 2 is 2.14 bits per heavy atom. The van der Waals surface area contributed by atoms with Gasteiger partial charge in [-0.25, -0.2) is 0 Å². The molecule has 0 radical (unpaired) electrons. The number of phenolic OH excluding ortho intramolecular Hbond substituents is 1. The van der Waals surface area contributed by atoms with E-state index in [1.165, 1.54) is 30.2 Å². The number of amides is 1. The molecule has 1 saturated heterocycles. The molecule has 0 atom stereocenters. The maximum Gasteiger partial charge on any atom is 0.294 e. The lowest BCUT2D eigenvalue weighted by Gasteiger charge is -2.12. The lowest BCUT2D eigenvalue weighted by molar-refractivity contribution is -0.121. The van der Waals surface area contributed by atoms with Gasteiger partial charge in [-0.15, -0.1) is 22.3 Å². The van der Waals surface area contributed by atoms with E-state index in [1.807, 2.05) is 0 Å². The third-order valence-electron chi connectivity index (χ3n) is 3.65. The number of benzene rings is 1. The van der Waals surface area contributed by atoms with Crippen LogP contribution in [0.15, 0.2) is 61.9 Å². The van der Waals surface area contributed by atoms with E-state index in [4.69, 9.17) is 4.74 Å². The van der Waals surface area contributed by atoms with Crippen LogP contribution < -0.4 is 4.74 Å². The molecule has 1 fully saturated rings. The topological polar surface area (TPSA) is 96.3 Å². The quantitative estimate of drug-likeness (QED) is 0.551. The minimum Gasteiger partial charge on any atom is -0.504 e. The Kier molecular flexibility index (Phi) is 5.92. The third kappa shape index (κ3) is 4.13. The van der Waals surface area contributed by atoms with Crippen molar-refractivity contribution in [2.24, 2.45) is 4.40 Å². The molecule has 28 heavy (non-hydrogen) atoms. The first-order valence-electron chi connectivity index (χ1n) is 7.93. The smallest absolute Gasteiger partial charge is 0.294 e. The van der Waals surface area contributed by atoms with Crippen LogP contribution in [-0.2, 0) is 14.8 Å². The first-order chi connectivity index (χ1) is 13.4. The van der Waals surface area contributed by atoms with Gasteiger partial charge in [-0.1, -0.05) is 18.2 Å². The fourth-order valence-electron chi connectivity index (χ4n) is 2.36. The van der Waals surface area contributed by atoms with Gasteiger partial charge in [-0.05, 0) is 47.0 Å². The SMILES string of the molecule is C=CCN1C(=O)/C(=C/c2ccc(O)c(OC)c2)SC1=NS(=O)(=O)c1cccs1. The average molecular weight is 437 g/mol. The van der Waals surface area contributed by atoms with Crippen molar-refractivity contribution in [2.75, 3.05) is 13.7 Å². The number of nitrogens with zero attached hydrogens (tertiary/aromatic N) is 2. The zero-order chi connectivity index (χ0) is 20.3. The molecule has 2 aromatic rings. The van der Waals surface area contributed by atoms with Gasteiger partial charge in [0.25, 0.3) is 15.9 Å². The molecule has 10 heteroatoms. The summed E-state index contributed by atoms with van der Waals surface area (Å²) in [6.45, 7) is 3.74. The Labute approximate surface area is 170 Å². The van der Waals surface area contributed by atoms with Crippen molar-refractivity contribution in [1.82, 2.24) is 4.90 Å². The Balaban J connectivity index is 1.99. The zero-order valence-electron chi connectivity index (χ0n) is 14.7. The van der Waals surface area contributed by atoms with Crippen molar-refractivity contribution in [2.45, 2.75) is 4.21 Å². The molecule has 0 saturated carbocycles. The maximum atomic E-state index is 12.7. The van der Waals surface area contributed by atoms with Crippen LogP contribution in [-0.4, -0.2) is 43.2 Å². The second kappa shape index (κ2) is 8.21. The van der Waals surface area contributed by atoms with E-state index < -0.39 is 10.0 Å². The van der Waals surface area contributed by atoms with Gasteiger partial charge < -0.3 is 9.84 Å². The highest BCUT2D eigenvalue weighted by Crippen LogP contribution is 2.35. The van der Waals surface area contributed by atoms with Crippen LogP contribution in [0.4, 0.5) is 0 Å². The zero-order valence-corrected chi connectivity index (χ0v) is 17.2. The average Bonchev–Trinajstić information content (AvgIpc) is 3.29. The highest BCUT2D eigenvalue weighted by Gasteiger charge is 2.34. The van der Waals surface area contributed by atoms with Crippen LogP contribution in [0.25, 0.3) is 6.08 Å². The van der Waals surface area contributed by atoms with E-state index in [-0.39, 0.29) is 33.3 Å². The standard InChI is InChI=1S/C18H16N2O5S3/c1-3-8-20-17(22)15(11-12-6-7-13(21)14(10-12)25-2)27-18(20)19-28(23,24)16-5-4-9-26-16/h3-7,9-11,21H,1,8H2,2H3/b15-11-,19-18?. The summed E-state index contributed by atoms with van der Waals surface area (Å²) in [6, 6.07) is 7.73. The fraction of sp³-hybridized carbons (Fsp3) is 0.111. The molecule has 0 unspecified atom stereocenters. The van der Waals surface area contributed by atoms with Gasteiger partial charge in [0, 0.05) is 6.54 Å². The highest BCUT2D eigenvalue weighted by atomic mass is 32.2. The Morgan fingerprint density at radius 1 is 1.36 bits per heavy atom. The number of sulfonamides is 1. The molecule has 1 N–H and O–H groups in total. The number of carbonyl (C=O) groups excluding carboxylic acids is 1. The molecular weight excluding hydrogens is 420 g/mol. The van der Waals surface area contributed by atoms with E-state index >= 15 is 0 Å². The molecule has 0 aliphatic carbocycles. The minimum atomic E-state index is -3.91. The molecule has 7 nitrogen and oxygen atoms in total. The van der Waals surface area contributed by atoms with E-state index in [0.29, 0.717) is 10.5 Å². The van der Waals surface area contributed by atoms with Crippen molar-refractivity contribution < 1.29 is 23.1 Å². The number of hydrogen-bond donors (Lipinski definition) is 1. The van der Waals surface area contributed by atoms with Crippen LogP contribution in [0.2, 0.25) is 0 Å². The Morgan fingerprint density at radius 3 is 2.79 bits per heavy atom. The van der Waals surface area contributed by atoms with Crippen LogP contribution in [0, 0.1) is 0 Å². The number of amidine groups is 1. The third-order valence-corrected chi connectivity index (χ3v) is 7.41. The van der Waals surface area contributed by atoms with Crippen molar-refractivity contribution in [3.8, 4) is 11.5 Å². The second-order valence-corrected chi connectivity index (χ2v) is 9.32. The van der Waals surface area contributed by atoms with Gasteiger partial charge >= 0.3 is 0 Å². The predicted octanol–water partition coefficient (Wildman–Crippen LogP) is 3.31. The molecule has 1 aliphatic rings. The Hall–Kier alpha value is -2.56. The largest absolute Gasteiger partial charge is 0.504 e. The summed E-state index contributed by atoms with van der Waals surface area (Å²) in [5.41, 5.74) is 0.617. The molecule has 146 valence electrons. The molecule has 0 bridgehead atoms. The number of rotatable bonds is 6. The van der Waals surface area contributed by atoms with E-state index in [2.05, 4.69) is 11.0 Å². The summed E-state index contributed by atoms with van der Waals surface area (Å²) in [7, 11) is -2.49. The van der Waals surface area contributed by atoms with Crippen LogP contribution in [0.3, 0.4) is 0 Å². The molecule has 1 amide bonds. The molecule has 2 heterocycles. The first kappa shape index (κ1) is 20.2. The van der Waals surface area contributed by atoms with Gasteiger partial charge in [0.1, 0.15) is 4.21 Å². The highest BCUT2D eigenvalue weighted by molar-refractivity contribution is 8.19. The number of phenols is 1. The van der Waals surface area contributed by atoms with Gasteiger partial charge in [0.15, 0.2) is 16.7 Å².